The van der Waals surface area contributed by atoms with Crippen molar-refractivity contribution in [1.82, 2.24) is 10.2 Å². The lowest BCUT2D eigenvalue weighted by Crippen LogP contribution is -2.53. The molecule has 39 heavy (non-hydrogen) atoms. The third-order valence-corrected chi connectivity index (χ3v) is 7.78. The van der Waals surface area contributed by atoms with Crippen molar-refractivity contribution in [3.8, 4) is 5.75 Å². The average Bonchev–Trinajstić information content (AvgIpc) is 2.93. The zero-order valence-corrected chi connectivity index (χ0v) is 24.7. The number of nitrogens with one attached hydrogen (secondary N) is 1. The van der Waals surface area contributed by atoms with Crippen LogP contribution in [0.15, 0.2) is 83.3 Å². The topological polar surface area (TPSA) is 96.0 Å². The van der Waals surface area contributed by atoms with Gasteiger partial charge in [-0.2, -0.15) is 0 Å². The maximum atomic E-state index is 14.0. The van der Waals surface area contributed by atoms with Gasteiger partial charge in [-0.3, -0.25) is 13.9 Å². The fraction of sp³-hybridized carbons (Fsp3) is 0.310. The van der Waals surface area contributed by atoms with Crippen molar-refractivity contribution in [2.24, 2.45) is 0 Å². The molecule has 3 rings (SSSR count). The zero-order chi connectivity index (χ0) is 28.4. The predicted octanol–water partition coefficient (Wildman–Crippen LogP) is 4.39. The largest absolute Gasteiger partial charge is 0.497 e. The van der Waals surface area contributed by atoms with Gasteiger partial charge in [0.05, 0.1) is 19.1 Å². The molecule has 8 nitrogen and oxygen atoms in total. The molecule has 0 aromatic heterocycles. The first-order valence-electron chi connectivity index (χ1n) is 12.6. The Hall–Kier alpha value is -3.37. The Labute approximate surface area is 239 Å². The maximum Gasteiger partial charge on any atom is 0.244 e. The summed E-state index contributed by atoms with van der Waals surface area (Å²) in [6.07, 6.45) is 2.06. The summed E-state index contributed by atoms with van der Waals surface area (Å²) in [4.78, 5) is 29.0. The molecular formula is C29H34BrN3O5S. The minimum Gasteiger partial charge on any atom is -0.497 e. The average molecular weight is 617 g/mol. The summed E-state index contributed by atoms with van der Waals surface area (Å²) in [5.74, 6) is -0.335. The highest BCUT2D eigenvalue weighted by Crippen LogP contribution is 2.24. The van der Waals surface area contributed by atoms with Gasteiger partial charge >= 0.3 is 0 Å². The van der Waals surface area contributed by atoms with E-state index in [9.17, 15) is 18.0 Å². The quantitative estimate of drug-likeness (QED) is 0.308. The number of rotatable bonds is 13. The number of carbonyl (C=O) groups is 2. The van der Waals surface area contributed by atoms with Gasteiger partial charge in [0.15, 0.2) is 0 Å². The van der Waals surface area contributed by atoms with E-state index in [-0.39, 0.29) is 18.9 Å². The number of anilines is 1. The fourth-order valence-corrected chi connectivity index (χ4v) is 5.19. The molecule has 0 aliphatic rings. The first kappa shape index (κ1) is 30.2. The lowest BCUT2D eigenvalue weighted by Gasteiger charge is -2.33. The third-order valence-electron chi connectivity index (χ3n) is 6.11. The standard InChI is InChI=1S/C29H34BrN3O5S/c1-4-17-31-29(35)27(18-22-9-6-5-7-10-22)32(20-23-13-15-24(30)16-14-23)28(34)21-33(39(3,36)37)25-11-8-12-26(19-25)38-2/h5-16,19,27H,4,17-18,20-21H2,1-3H3,(H,31,35)/t27-/m0/s1. The van der Waals surface area contributed by atoms with Crippen LogP contribution in [0.1, 0.15) is 24.5 Å². The number of ether oxygens (including phenoxy) is 1. The molecule has 3 aromatic carbocycles. The van der Waals surface area contributed by atoms with Gasteiger partial charge in [-0.05, 0) is 41.8 Å². The third kappa shape index (κ3) is 8.83. The van der Waals surface area contributed by atoms with Crippen LogP contribution in [0, 0.1) is 0 Å². The molecule has 0 saturated heterocycles. The highest BCUT2D eigenvalue weighted by Gasteiger charge is 2.33. The summed E-state index contributed by atoms with van der Waals surface area (Å²) in [5.41, 5.74) is 1.99. The summed E-state index contributed by atoms with van der Waals surface area (Å²) >= 11 is 3.43. The van der Waals surface area contributed by atoms with E-state index in [2.05, 4.69) is 21.2 Å². The fourth-order valence-electron chi connectivity index (χ4n) is 4.09. The number of hydrogen-bond donors (Lipinski definition) is 1. The molecule has 0 unspecified atom stereocenters. The van der Waals surface area contributed by atoms with E-state index in [0.717, 1.165) is 32.6 Å². The molecule has 208 valence electrons. The van der Waals surface area contributed by atoms with Crippen molar-refractivity contribution < 1.29 is 22.7 Å². The molecule has 0 spiro atoms. The molecule has 2 amide bonds. The van der Waals surface area contributed by atoms with Crippen LogP contribution in [0.25, 0.3) is 0 Å². The molecular weight excluding hydrogens is 582 g/mol. The van der Waals surface area contributed by atoms with E-state index in [0.29, 0.717) is 18.0 Å². The molecule has 10 heteroatoms. The first-order valence-corrected chi connectivity index (χ1v) is 15.2. The summed E-state index contributed by atoms with van der Waals surface area (Å²) < 4.78 is 32.9. The van der Waals surface area contributed by atoms with E-state index in [1.54, 1.807) is 24.3 Å². The van der Waals surface area contributed by atoms with Crippen molar-refractivity contribution in [1.29, 1.82) is 0 Å². The van der Waals surface area contributed by atoms with Gasteiger partial charge in [0.1, 0.15) is 18.3 Å². The van der Waals surface area contributed by atoms with Crippen molar-refractivity contribution >= 4 is 43.5 Å². The van der Waals surface area contributed by atoms with Crippen LogP contribution < -0.4 is 14.4 Å². The Morgan fingerprint density at radius 1 is 0.974 bits per heavy atom. The first-order chi connectivity index (χ1) is 18.6. The highest BCUT2D eigenvalue weighted by molar-refractivity contribution is 9.10. The van der Waals surface area contributed by atoms with Crippen LogP contribution in [0.5, 0.6) is 5.75 Å². The zero-order valence-electron chi connectivity index (χ0n) is 22.3. The van der Waals surface area contributed by atoms with Gasteiger partial charge < -0.3 is 15.0 Å². The second-order valence-electron chi connectivity index (χ2n) is 9.12. The Bertz CT molecular complexity index is 1350. The summed E-state index contributed by atoms with van der Waals surface area (Å²) in [7, 11) is -2.36. The smallest absolute Gasteiger partial charge is 0.244 e. The minimum absolute atomic E-state index is 0.124. The molecule has 3 aromatic rings. The lowest BCUT2D eigenvalue weighted by molar-refractivity contribution is -0.140. The van der Waals surface area contributed by atoms with Gasteiger partial charge in [0, 0.05) is 30.0 Å². The van der Waals surface area contributed by atoms with Crippen LogP contribution in [0.2, 0.25) is 0 Å². The Balaban J connectivity index is 2.04. The Morgan fingerprint density at radius 2 is 1.67 bits per heavy atom. The predicted molar refractivity (Wildman–Crippen MR) is 157 cm³/mol. The normalized spacial score (nSPS) is 11.9. The number of benzene rings is 3. The minimum atomic E-state index is -3.85. The number of amides is 2. The number of nitrogens with zero attached hydrogens (tertiary/aromatic N) is 2. The van der Waals surface area contributed by atoms with Gasteiger partial charge in [-0.15, -0.1) is 0 Å². The highest BCUT2D eigenvalue weighted by atomic mass is 79.9. The van der Waals surface area contributed by atoms with Gasteiger partial charge in [0.25, 0.3) is 0 Å². The number of hydrogen-bond acceptors (Lipinski definition) is 5. The van der Waals surface area contributed by atoms with Crippen molar-refractivity contribution in [3.63, 3.8) is 0 Å². The van der Waals surface area contributed by atoms with E-state index in [1.807, 2.05) is 61.5 Å². The van der Waals surface area contributed by atoms with E-state index < -0.39 is 28.5 Å². The van der Waals surface area contributed by atoms with Crippen LogP contribution in [0.3, 0.4) is 0 Å². The van der Waals surface area contributed by atoms with E-state index in [4.69, 9.17) is 4.74 Å². The lowest BCUT2D eigenvalue weighted by atomic mass is 10.0. The van der Waals surface area contributed by atoms with E-state index >= 15 is 0 Å². The Morgan fingerprint density at radius 3 is 2.28 bits per heavy atom. The van der Waals surface area contributed by atoms with Crippen LogP contribution in [-0.4, -0.2) is 57.6 Å². The van der Waals surface area contributed by atoms with Crippen molar-refractivity contribution in [3.05, 3.63) is 94.5 Å². The molecule has 0 aliphatic carbocycles. The molecule has 1 N–H and O–H groups in total. The number of halogens is 1. The summed E-state index contributed by atoms with van der Waals surface area (Å²) in [6.45, 7) is 2.06. The molecule has 0 aliphatic heterocycles. The van der Waals surface area contributed by atoms with E-state index in [1.165, 1.54) is 12.0 Å². The molecule has 0 saturated carbocycles. The number of methoxy groups -OCH3 is 1. The molecule has 0 bridgehead atoms. The van der Waals surface area contributed by atoms with Crippen LogP contribution in [-0.2, 0) is 32.6 Å². The molecule has 0 heterocycles. The maximum absolute atomic E-state index is 14.0. The molecule has 0 radical (unpaired) electrons. The van der Waals surface area contributed by atoms with Gasteiger partial charge in [-0.25, -0.2) is 8.42 Å². The monoisotopic (exact) mass is 615 g/mol. The van der Waals surface area contributed by atoms with Crippen molar-refractivity contribution in [2.45, 2.75) is 32.4 Å². The molecule has 1 atom stereocenters. The van der Waals surface area contributed by atoms with Crippen LogP contribution >= 0.6 is 15.9 Å². The number of sulfonamides is 1. The SMILES string of the molecule is CCCNC(=O)[C@H](Cc1ccccc1)N(Cc1ccc(Br)cc1)C(=O)CN(c1cccc(OC)c1)S(C)(=O)=O. The van der Waals surface area contributed by atoms with Gasteiger partial charge in [-0.1, -0.05) is 71.4 Å². The van der Waals surface area contributed by atoms with Crippen LogP contribution in [0.4, 0.5) is 5.69 Å². The second-order valence-corrected chi connectivity index (χ2v) is 11.9. The van der Waals surface area contributed by atoms with Gasteiger partial charge in [0.2, 0.25) is 21.8 Å². The summed E-state index contributed by atoms with van der Waals surface area (Å²) in [6, 6.07) is 22.6. The second kappa shape index (κ2) is 14.1. The molecule has 0 fully saturated rings. The van der Waals surface area contributed by atoms with Crippen molar-refractivity contribution in [2.75, 3.05) is 30.8 Å². The summed E-state index contributed by atoms with van der Waals surface area (Å²) in [5, 5.41) is 2.92. The Kier molecular flexibility index (Phi) is 10.9. The number of carbonyl (C=O) groups excluding carboxylic acids is 2.